The van der Waals surface area contributed by atoms with Crippen molar-refractivity contribution in [1.29, 1.82) is 5.26 Å². The molecule has 15 heavy (non-hydrogen) atoms. The topological polar surface area (TPSA) is 36.7 Å². The maximum absolute atomic E-state index is 13.1. The molecule has 2 nitrogen and oxygen atoms in total. The molecule has 0 saturated carbocycles. The van der Waals surface area contributed by atoms with Crippen LogP contribution in [0.4, 0.5) is 4.39 Å². The zero-order valence-electron chi connectivity index (χ0n) is 7.37. The van der Waals surface area contributed by atoms with E-state index in [-0.39, 0.29) is 5.56 Å². The third-order valence-electron chi connectivity index (χ3n) is 1.75. The lowest BCUT2D eigenvalue weighted by molar-refractivity contribution is 0.628. The van der Waals surface area contributed by atoms with E-state index in [4.69, 9.17) is 16.9 Å². The Kier molecular flexibility index (Phi) is 2.67. The summed E-state index contributed by atoms with van der Waals surface area (Å²) in [6.07, 6.45) is 0. The monoisotopic (exact) mass is 238 g/mol. The van der Waals surface area contributed by atoms with Gasteiger partial charge in [0.25, 0.3) is 0 Å². The van der Waals surface area contributed by atoms with Gasteiger partial charge in [0.2, 0.25) is 0 Å². The Bertz CT molecular complexity index is 545. The van der Waals surface area contributed by atoms with Crippen LogP contribution in [0.2, 0.25) is 5.15 Å². The average Bonchev–Trinajstić information content (AvgIpc) is 2.64. The first-order valence-corrected chi connectivity index (χ1v) is 5.27. The second-order valence-corrected chi connectivity index (χ2v) is 4.06. The molecule has 1 aromatic heterocycles. The zero-order chi connectivity index (χ0) is 10.8. The van der Waals surface area contributed by atoms with Crippen LogP contribution in [-0.2, 0) is 0 Å². The van der Waals surface area contributed by atoms with Gasteiger partial charge in [0.05, 0.1) is 11.6 Å². The van der Waals surface area contributed by atoms with Gasteiger partial charge in [-0.2, -0.15) is 5.26 Å². The lowest BCUT2D eigenvalue weighted by Crippen LogP contribution is -1.83. The molecule has 0 fully saturated rings. The van der Waals surface area contributed by atoms with E-state index in [1.807, 2.05) is 6.07 Å². The van der Waals surface area contributed by atoms with Gasteiger partial charge in [-0.15, -0.1) is 11.3 Å². The number of aromatic nitrogens is 1. The first-order chi connectivity index (χ1) is 7.19. The summed E-state index contributed by atoms with van der Waals surface area (Å²) in [6.45, 7) is 0. The van der Waals surface area contributed by atoms with Crippen molar-refractivity contribution >= 4 is 22.9 Å². The highest BCUT2D eigenvalue weighted by Gasteiger charge is 2.06. The summed E-state index contributed by atoms with van der Waals surface area (Å²) < 4.78 is 13.1. The minimum Gasteiger partial charge on any atom is -0.224 e. The fraction of sp³-hybridized carbons (Fsp3) is 0. The number of nitriles is 1. The molecule has 0 saturated heterocycles. The highest BCUT2D eigenvalue weighted by Crippen LogP contribution is 2.27. The smallest absolute Gasteiger partial charge is 0.140 e. The standard InChI is InChI=1S/C10H4ClFN2S/c11-9-5-15-10(14-9)7-1-6(4-13)2-8(12)3-7/h1-3,5H. The minimum atomic E-state index is -0.449. The average molecular weight is 239 g/mol. The first-order valence-electron chi connectivity index (χ1n) is 4.01. The van der Waals surface area contributed by atoms with Crippen LogP contribution in [0.3, 0.4) is 0 Å². The van der Waals surface area contributed by atoms with Gasteiger partial charge in [0.1, 0.15) is 16.0 Å². The van der Waals surface area contributed by atoms with Gasteiger partial charge in [-0.25, -0.2) is 9.37 Å². The van der Waals surface area contributed by atoms with Gasteiger partial charge in [-0.05, 0) is 18.2 Å². The van der Waals surface area contributed by atoms with Gasteiger partial charge in [0.15, 0.2) is 0 Å². The van der Waals surface area contributed by atoms with Crippen LogP contribution < -0.4 is 0 Å². The van der Waals surface area contributed by atoms with E-state index in [9.17, 15) is 4.39 Å². The summed E-state index contributed by atoms with van der Waals surface area (Å²) in [7, 11) is 0. The Hall–Kier alpha value is -1.44. The molecule has 74 valence electrons. The highest BCUT2D eigenvalue weighted by atomic mass is 35.5. The van der Waals surface area contributed by atoms with Gasteiger partial charge in [-0.3, -0.25) is 0 Å². The summed E-state index contributed by atoms with van der Waals surface area (Å²) in [5, 5.41) is 11.3. The van der Waals surface area contributed by atoms with Gasteiger partial charge in [-0.1, -0.05) is 11.6 Å². The quantitative estimate of drug-likeness (QED) is 0.763. The Labute approximate surface area is 94.6 Å². The van der Waals surface area contributed by atoms with Crippen LogP contribution in [0, 0.1) is 17.1 Å². The molecule has 2 rings (SSSR count). The summed E-state index contributed by atoms with van der Waals surface area (Å²) in [6, 6.07) is 5.98. The van der Waals surface area contributed by atoms with Crippen molar-refractivity contribution in [1.82, 2.24) is 4.98 Å². The summed E-state index contributed by atoms with van der Waals surface area (Å²) in [5.74, 6) is -0.449. The van der Waals surface area contributed by atoms with Gasteiger partial charge < -0.3 is 0 Å². The van der Waals surface area contributed by atoms with Gasteiger partial charge >= 0.3 is 0 Å². The van der Waals surface area contributed by atoms with Crippen molar-refractivity contribution in [2.45, 2.75) is 0 Å². The molecule has 1 heterocycles. The van der Waals surface area contributed by atoms with Crippen LogP contribution in [0.25, 0.3) is 10.6 Å². The van der Waals surface area contributed by atoms with Crippen LogP contribution in [0.15, 0.2) is 23.6 Å². The van der Waals surface area contributed by atoms with Crippen molar-refractivity contribution in [2.24, 2.45) is 0 Å². The van der Waals surface area contributed by atoms with Crippen LogP contribution in [-0.4, -0.2) is 4.98 Å². The Balaban J connectivity index is 2.54. The van der Waals surface area contributed by atoms with E-state index in [1.165, 1.54) is 23.5 Å². The van der Waals surface area contributed by atoms with E-state index in [1.54, 1.807) is 11.4 Å². The summed E-state index contributed by atoms with van der Waals surface area (Å²) in [5.41, 5.74) is 0.847. The Morgan fingerprint density at radius 1 is 1.40 bits per heavy atom. The minimum absolute atomic E-state index is 0.274. The molecular weight excluding hydrogens is 235 g/mol. The number of hydrogen-bond donors (Lipinski definition) is 0. The van der Waals surface area contributed by atoms with Crippen molar-refractivity contribution in [3.05, 3.63) is 40.1 Å². The van der Waals surface area contributed by atoms with E-state index in [0.717, 1.165) is 0 Å². The van der Waals surface area contributed by atoms with Gasteiger partial charge in [0, 0.05) is 10.9 Å². The number of hydrogen-bond acceptors (Lipinski definition) is 3. The van der Waals surface area contributed by atoms with Crippen LogP contribution in [0.1, 0.15) is 5.56 Å². The molecule has 0 amide bonds. The number of rotatable bonds is 1. The second-order valence-electron chi connectivity index (χ2n) is 2.82. The first kappa shape index (κ1) is 10.1. The number of halogens is 2. The molecule has 0 aliphatic heterocycles. The summed E-state index contributed by atoms with van der Waals surface area (Å²) in [4.78, 5) is 4.01. The largest absolute Gasteiger partial charge is 0.224 e. The molecule has 0 aliphatic rings. The SMILES string of the molecule is N#Cc1cc(F)cc(-c2nc(Cl)cs2)c1. The molecule has 5 heteroatoms. The normalized spacial score (nSPS) is 9.93. The second kappa shape index (κ2) is 3.97. The predicted molar refractivity (Wildman–Crippen MR) is 57.2 cm³/mol. The van der Waals surface area contributed by atoms with Crippen molar-refractivity contribution < 1.29 is 4.39 Å². The van der Waals surface area contributed by atoms with Crippen molar-refractivity contribution in [3.8, 4) is 16.6 Å². The van der Waals surface area contributed by atoms with E-state index >= 15 is 0 Å². The lowest BCUT2D eigenvalue weighted by Gasteiger charge is -1.97. The number of benzene rings is 1. The molecule has 0 spiro atoms. The lowest BCUT2D eigenvalue weighted by atomic mass is 10.1. The zero-order valence-corrected chi connectivity index (χ0v) is 8.94. The third-order valence-corrected chi connectivity index (χ3v) is 2.96. The van der Waals surface area contributed by atoms with E-state index in [2.05, 4.69) is 4.98 Å². The molecular formula is C10H4ClFN2S. The van der Waals surface area contributed by atoms with Crippen molar-refractivity contribution in [3.63, 3.8) is 0 Å². The fourth-order valence-corrected chi connectivity index (χ4v) is 2.10. The molecule has 0 aliphatic carbocycles. The van der Waals surface area contributed by atoms with Crippen LogP contribution in [0.5, 0.6) is 0 Å². The van der Waals surface area contributed by atoms with E-state index in [0.29, 0.717) is 15.7 Å². The fourth-order valence-electron chi connectivity index (χ4n) is 1.16. The van der Waals surface area contributed by atoms with Crippen LogP contribution >= 0.6 is 22.9 Å². The number of nitrogens with zero attached hydrogens (tertiary/aromatic N) is 2. The molecule has 0 N–H and O–H groups in total. The maximum atomic E-state index is 13.1. The molecule has 2 aromatic rings. The Morgan fingerprint density at radius 3 is 2.80 bits per heavy atom. The predicted octanol–water partition coefficient (Wildman–Crippen LogP) is 3.47. The molecule has 1 aromatic carbocycles. The van der Waals surface area contributed by atoms with Crippen molar-refractivity contribution in [2.75, 3.05) is 0 Å². The van der Waals surface area contributed by atoms with E-state index < -0.39 is 5.82 Å². The molecule has 0 bridgehead atoms. The summed E-state index contributed by atoms with van der Waals surface area (Å²) >= 11 is 6.98. The molecule has 0 radical (unpaired) electrons. The molecule has 0 unspecified atom stereocenters. The highest BCUT2D eigenvalue weighted by molar-refractivity contribution is 7.13. The maximum Gasteiger partial charge on any atom is 0.140 e. The third kappa shape index (κ3) is 2.14. The Morgan fingerprint density at radius 2 is 2.20 bits per heavy atom. The number of thiazole rings is 1. The molecule has 0 atom stereocenters.